The van der Waals surface area contributed by atoms with Gasteiger partial charge in [0.05, 0.1) is 6.20 Å². The highest BCUT2D eigenvalue weighted by atomic mass is 16.3. The fourth-order valence-electron chi connectivity index (χ4n) is 0.762. The Morgan fingerprint density at radius 3 is 3.33 bits per heavy atom. The van der Waals surface area contributed by atoms with Gasteiger partial charge in [-0.05, 0) is 0 Å². The van der Waals surface area contributed by atoms with Gasteiger partial charge in [-0.15, -0.1) is 0 Å². The lowest BCUT2D eigenvalue weighted by atomic mass is 10.7. The Hall–Kier alpha value is -1.32. The Morgan fingerprint density at radius 1 is 1.67 bits per heavy atom. The molecule has 2 heterocycles. The first-order valence-electron chi connectivity index (χ1n) is 2.63. The van der Waals surface area contributed by atoms with Crippen molar-refractivity contribution in [3.63, 3.8) is 0 Å². The summed E-state index contributed by atoms with van der Waals surface area (Å²) in [5.74, 6) is 0.665. The number of hydrogen-bond acceptors (Lipinski definition) is 3. The molecule has 0 atom stereocenters. The van der Waals surface area contributed by atoms with Crippen LogP contribution in [-0.2, 0) is 0 Å². The van der Waals surface area contributed by atoms with Crippen LogP contribution in [0.5, 0.6) is 0 Å². The van der Waals surface area contributed by atoms with E-state index in [4.69, 9.17) is 4.42 Å². The first kappa shape index (κ1) is 4.55. The Kier molecular flexibility index (Phi) is 0.677. The molecule has 0 spiro atoms. The number of oxazole rings is 1. The van der Waals surface area contributed by atoms with Gasteiger partial charge in [-0.25, -0.2) is 0 Å². The van der Waals surface area contributed by atoms with E-state index in [1.807, 2.05) is 0 Å². The third kappa shape index (κ3) is 0.526. The number of aromatic amines is 1. The van der Waals surface area contributed by atoms with Crippen molar-refractivity contribution in [2.24, 2.45) is 0 Å². The van der Waals surface area contributed by atoms with Crippen LogP contribution in [0.3, 0.4) is 0 Å². The summed E-state index contributed by atoms with van der Waals surface area (Å²) in [5, 5.41) is 6.41. The molecule has 2 rings (SSSR count). The van der Waals surface area contributed by atoms with Crippen molar-refractivity contribution in [2.45, 2.75) is 6.92 Å². The lowest BCUT2D eigenvalue weighted by molar-refractivity contribution is 0.560. The van der Waals surface area contributed by atoms with E-state index < -0.39 is 0 Å². The average molecular weight is 123 g/mol. The third-order valence-corrected chi connectivity index (χ3v) is 1.11. The summed E-state index contributed by atoms with van der Waals surface area (Å²) in [6, 6.07) is 0. The molecule has 4 heteroatoms. The zero-order valence-electron chi connectivity index (χ0n) is 4.88. The van der Waals surface area contributed by atoms with Crippen LogP contribution in [0, 0.1) is 6.92 Å². The molecule has 0 amide bonds. The van der Waals surface area contributed by atoms with E-state index in [2.05, 4.69) is 15.2 Å². The third-order valence-electron chi connectivity index (χ3n) is 1.11. The number of hydrogen-bond donors (Lipinski definition) is 1. The second-order valence-electron chi connectivity index (χ2n) is 1.82. The number of fused-ring (bicyclic) bond motifs is 1. The van der Waals surface area contributed by atoms with Crippen molar-refractivity contribution in [1.82, 2.24) is 15.2 Å². The standard InChI is InChI=1S/C5H5N3O/c1-3-7-5-4(9-3)2-6-8-5/h2H,1H3,(H,6,8). The smallest absolute Gasteiger partial charge is 0.194 e. The van der Waals surface area contributed by atoms with Crippen LogP contribution in [0.15, 0.2) is 10.6 Å². The van der Waals surface area contributed by atoms with E-state index >= 15 is 0 Å². The second kappa shape index (κ2) is 1.34. The van der Waals surface area contributed by atoms with Crippen LogP contribution >= 0.6 is 0 Å². The zero-order valence-corrected chi connectivity index (χ0v) is 4.88. The van der Waals surface area contributed by atoms with Crippen LogP contribution in [0.4, 0.5) is 0 Å². The summed E-state index contributed by atoms with van der Waals surface area (Å²) in [7, 11) is 0. The van der Waals surface area contributed by atoms with Crippen molar-refractivity contribution in [1.29, 1.82) is 0 Å². The van der Waals surface area contributed by atoms with Gasteiger partial charge in [-0.1, -0.05) is 0 Å². The van der Waals surface area contributed by atoms with Crippen molar-refractivity contribution in [3.05, 3.63) is 12.1 Å². The summed E-state index contributed by atoms with van der Waals surface area (Å²) >= 11 is 0. The number of H-pyrrole nitrogens is 1. The van der Waals surface area contributed by atoms with E-state index in [-0.39, 0.29) is 0 Å². The number of nitrogens with zero attached hydrogens (tertiary/aromatic N) is 2. The summed E-state index contributed by atoms with van der Waals surface area (Å²) in [5.41, 5.74) is 1.43. The van der Waals surface area contributed by atoms with Crippen molar-refractivity contribution >= 4 is 11.2 Å². The maximum absolute atomic E-state index is 5.10. The SMILES string of the molecule is Cc1nc2[nH]ncc2o1. The van der Waals surface area contributed by atoms with Gasteiger partial charge >= 0.3 is 0 Å². The van der Waals surface area contributed by atoms with Gasteiger partial charge in [0.2, 0.25) is 0 Å². The van der Waals surface area contributed by atoms with Crippen molar-refractivity contribution in [3.8, 4) is 0 Å². The molecule has 0 aliphatic carbocycles. The highest BCUT2D eigenvalue weighted by molar-refractivity contribution is 5.65. The van der Waals surface area contributed by atoms with Gasteiger partial charge in [0.1, 0.15) is 0 Å². The van der Waals surface area contributed by atoms with Crippen molar-refractivity contribution < 1.29 is 4.42 Å². The molecule has 4 nitrogen and oxygen atoms in total. The molecule has 0 fully saturated rings. The molecule has 1 N–H and O–H groups in total. The molecule has 0 unspecified atom stereocenters. The monoisotopic (exact) mass is 123 g/mol. The van der Waals surface area contributed by atoms with E-state index in [9.17, 15) is 0 Å². The predicted molar refractivity (Wildman–Crippen MR) is 30.9 cm³/mol. The molecule has 9 heavy (non-hydrogen) atoms. The average Bonchev–Trinajstić information content (AvgIpc) is 2.22. The highest BCUT2D eigenvalue weighted by Crippen LogP contribution is 2.09. The normalized spacial score (nSPS) is 10.8. The Morgan fingerprint density at radius 2 is 2.56 bits per heavy atom. The molecule has 0 aliphatic rings. The molecular weight excluding hydrogens is 118 g/mol. The Bertz CT molecular complexity index is 293. The van der Waals surface area contributed by atoms with E-state index in [1.165, 1.54) is 0 Å². The van der Waals surface area contributed by atoms with Gasteiger partial charge in [0.25, 0.3) is 0 Å². The van der Waals surface area contributed by atoms with Crippen LogP contribution in [-0.4, -0.2) is 15.2 Å². The maximum atomic E-state index is 5.10. The van der Waals surface area contributed by atoms with Crippen LogP contribution in [0.25, 0.3) is 11.2 Å². The molecule has 0 saturated carbocycles. The summed E-state index contributed by atoms with van der Waals surface area (Å²) in [6.07, 6.45) is 1.61. The minimum absolute atomic E-state index is 0.665. The summed E-state index contributed by atoms with van der Waals surface area (Å²) < 4.78 is 5.10. The molecular formula is C5H5N3O. The first-order chi connectivity index (χ1) is 4.36. The van der Waals surface area contributed by atoms with Crippen LogP contribution in [0.2, 0.25) is 0 Å². The minimum Gasteiger partial charge on any atom is -0.438 e. The van der Waals surface area contributed by atoms with E-state index in [1.54, 1.807) is 13.1 Å². The van der Waals surface area contributed by atoms with Gasteiger partial charge in [0.15, 0.2) is 17.1 Å². The Balaban J connectivity index is 2.92. The molecule has 2 aromatic heterocycles. The maximum Gasteiger partial charge on any atom is 0.194 e. The first-order valence-corrected chi connectivity index (χ1v) is 2.63. The number of rotatable bonds is 0. The largest absolute Gasteiger partial charge is 0.438 e. The van der Waals surface area contributed by atoms with E-state index in [0.717, 1.165) is 0 Å². The fraction of sp³-hybridized carbons (Fsp3) is 0.200. The molecule has 46 valence electrons. The van der Waals surface area contributed by atoms with Crippen LogP contribution < -0.4 is 0 Å². The quantitative estimate of drug-likeness (QED) is 0.565. The highest BCUT2D eigenvalue weighted by Gasteiger charge is 2.00. The number of aromatic nitrogens is 3. The molecule has 0 bridgehead atoms. The van der Waals surface area contributed by atoms with Crippen LogP contribution in [0.1, 0.15) is 5.89 Å². The topological polar surface area (TPSA) is 54.7 Å². The summed E-state index contributed by atoms with van der Waals surface area (Å²) in [4.78, 5) is 3.99. The van der Waals surface area contributed by atoms with E-state index in [0.29, 0.717) is 17.1 Å². The molecule has 0 saturated heterocycles. The molecule has 0 aromatic carbocycles. The number of aryl methyl sites for hydroxylation is 1. The predicted octanol–water partition coefficient (Wildman–Crippen LogP) is 0.859. The lowest BCUT2D eigenvalue weighted by Gasteiger charge is -1.71. The lowest BCUT2D eigenvalue weighted by Crippen LogP contribution is -1.69. The summed E-state index contributed by atoms with van der Waals surface area (Å²) in [6.45, 7) is 1.80. The fourth-order valence-corrected chi connectivity index (χ4v) is 0.762. The molecule has 2 aromatic rings. The zero-order chi connectivity index (χ0) is 6.27. The van der Waals surface area contributed by atoms with Crippen molar-refractivity contribution in [2.75, 3.05) is 0 Å². The second-order valence-corrected chi connectivity index (χ2v) is 1.82. The van der Waals surface area contributed by atoms with Gasteiger partial charge < -0.3 is 4.42 Å². The minimum atomic E-state index is 0.665. The van der Waals surface area contributed by atoms with Gasteiger partial charge in [-0.2, -0.15) is 10.1 Å². The molecule has 0 aliphatic heterocycles. The van der Waals surface area contributed by atoms with Gasteiger partial charge in [0, 0.05) is 6.92 Å². The molecule has 0 radical (unpaired) electrons. The van der Waals surface area contributed by atoms with Gasteiger partial charge in [-0.3, -0.25) is 5.10 Å². The number of nitrogens with one attached hydrogen (secondary N) is 1. The Labute approximate surface area is 50.9 Å².